The Morgan fingerprint density at radius 3 is 3.00 bits per heavy atom. The van der Waals surface area contributed by atoms with E-state index in [1.807, 2.05) is 36.7 Å². The maximum atomic E-state index is 6.23. The molecule has 1 aromatic carbocycles. The highest BCUT2D eigenvalue weighted by Gasteiger charge is 2.10. The Labute approximate surface area is 138 Å². The first-order valence-corrected chi connectivity index (χ1v) is 8.11. The van der Waals surface area contributed by atoms with E-state index in [1.165, 1.54) is 0 Å². The molecule has 6 heteroatoms. The Hall–Kier alpha value is -1.04. The molecule has 0 fully saturated rings. The van der Waals surface area contributed by atoms with Crippen LogP contribution in [-0.4, -0.2) is 29.3 Å². The average Bonchev–Trinajstić information content (AvgIpc) is 2.91. The molecule has 2 rings (SSSR count). The van der Waals surface area contributed by atoms with Gasteiger partial charge in [-0.2, -0.15) is 0 Å². The van der Waals surface area contributed by atoms with E-state index in [1.54, 1.807) is 6.20 Å². The number of anilines is 1. The van der Waals surface area contributed by atoms with Crippen LogP contribution in [0.4, 0.5) is 5.95 Å². The van der Waals surface area contributed by atoms with Gasteiger partial charge in [-0.15, -0.1) is 0 Å². The van der Waals surface area contributed by atoms with E-state index in [4.69, 9.17) is 16.3 Å². The minimum atomic E-state index is 0.740. The van der Waals surface area contributed by atoms with Gasteiger partial charge in [0.05, 0.1) is 5.69 Å². The van der Waals surface area contributed by atoms with Crippen molar-refractivity contribution in [3.8, 4) is 5.69 Å². The molecule has 1 aromatic heterocycles. The van der Waals surface area contributed by atoms with Crippen molar-refractivity contribution in [1.29, 1.82) is 0 Å². The normalized spacial score (nSPS) is 10.9. The quantitative estimate of drug-likeness (QED) is 0.731. The van der Waals surface area contributed by atoms with Crippen LogP contribution in [0.25, 0.3) is 5.69 Å². The summed E-state index contributed by atoms with van der Waals surface area (Å²) < 4.78 is 8.29. The zero-order chi connectivity index (χ0) is 15.2. The zero-order valence-corrected chi connectivity index (χ0v) is 14.5. The number of rotatable bonds is 7. The third-order valence-corrected chi connectivity index (χ3v) is 4.12. The molecule has 1 N–H and O–H groups in total. The number of aromatic nitrogens is 2. The van der Waals surface area contributed by atoms with E-state index >= 15 is 0 Å². The molecule has 0 unspecified atom stereocenters. The van der Waals surface area contributed by atoms with Crippen LogP contribution in [0, 0.1) is 6.92 Å². The second-order valence-electron chi connectivity index (χ2n) is 4.65. The number of halogens is 2. The lowest BCUT2D eigenvalue weighted by atomic mass is 10.2. The number of ether oxygens (including phenoxy) is 1. The molecule has 0 aliphatic rings. The first-order valence-electron chi connectivity index (χ1n) is 6.94. The minimum absolute atomic E-state index is 0.740. The van der Waals surface area contributed by atoms with E-state index < -0.39 is 0 Å². The summed E-state index contributed by atoms with van der Waals surface area (Å²) in [6.07, 6.45) is 4.62. The Balaban J connectivity index is 2.11. The Morgan fingerprint density at radius 2 is 2.24 bits per heavy atom. The molecular weight excluding hydrogens is 354 g/mol. The van der Waals surface area contributed by atoms with E-state index in [0.29, 0.717) is 0 Å². The van der Waals surface area contributed by atoms with Crippen molar-refractivity contribution in [3.63, 3.8) is 0 Å². The maximum absolute atomic E-state index is 6.23. The molecule has 2 aromatic rings. The number of nitrogens with one attached hydrogen (secondary N) is 1. The van der Waals surface area contributed by atoms with Crippen LogP contribution in [0.3, 0.4) is 0 Å². The summed E-state index contributed by atoms with van der Waals surface area (Å²) in [7, 11) is 0. The zero-order valence-electron chi connectivity index (χ0n) is 12.2. The summed E-state index contributed by atoms with van der Waals surface area (Å²) in [6, 6.07) is 3.95. The Morgan fingerprint density at radius 1 is 1.43 bits per heavy atom. The third kappa shape index (κ3) is 4.22. The number of hydrogen-bond donors (Lipinski definition) is 1. The molecule has 0 aliphatic carbocycles. The van der Waals surface area contributed by atoms with Crippen molar-refractivity contribution >= 4 is 33.5 Å². The van der Waals surface area contributed by atoms with Crippen LogP contribution in [0.15, 0.2) is 29.0 Å². The highest BCUT2D eigenvalue weighted by molar-refractivity contribution is 9.10. The average molecular weight is 373 g/mol. The number of imidazole rings is 1. The van der Waals surface area contributed by atoms with Crippen molar-refractivity contribution in [1.82, 2.24) is 9.55 Å². The predicted molar refractivity (Wildman–Crippen MR) is 90.6 cm³/mol. The lowest BCUT2D eigenvalue weighted by Gasteiger charge is -2.13. The van der Waals surface area contributed by atoms with Crippen LogP contribution in [0.5, 0.6) is 0 Å². The molecule has 4 nitrogen and oxygen atoms in total. The van der Waals surface area contributed by atoms with Gasteiger partial charge in [-0.1, -0.05) is 11.6 Å². The molecule has 0 radical (unpaired) electrons. The van der Waals surface area contributed by atoms with E-state index in [0.717, 1.165) is 52.9 Å². The summed E-state index contributed by atoms with van der Waals surface area (Å²) in [5.41, 5.74) is 2.01. The number of aryl methyl sites for hydroxylation is 1. The van der Waals surface area contributed by atoms with Gasteiger partial charge < -0.3 is 10.1 Å². The number of nitrogens with zero attached hydrogens (tertiary/aromatic N) is 2. The molecule has 0 saturated carbocycles. The highest BCUT2D eigenvalue weighted by Crippen LogP contribution is 2.29. The lowest BCUT2D eigenvalue weighted by Crippen LogP contribution is -2.10. The van der Waals surface area contributed by atoms with Crippen LogP contribution in [0.1, 0.15) is 18.9 Å². The van der Waals surface area contributed by atoms with Gasteiger partial charge in [0.1, 0.15) is 0 Å². The van der Waals surface area contributed by atoms with Gasteiger partial charge in [-0.25, -0.2) is 4.98 Å². The highest BCUT2D eigenvalue weighted by atomic mass is 79.9. The van der Waals surface area contributed by atoms with Crippen LogP contribution in [-0.2, 0) is 4.74 Å². The summed E-state index contributed by atoms with van der Waals surface area (Å²) in [6.45, 7) is 6.30. The van der Waals surface area contributed by atoms with Crippen molar-refractivity contribution in [2.45, 2.75) is 20.3 Å². The predicted octanol–water partition coefficient (Wildman–Crippen LogP) is 4.44. The lowest BCUT2D eigenvalue weighted by molar-refractivity contribution is 0.147. The summed E-state index contributed by atoms with van der Waals surface area (Å²) in [5.74, 6) is 0.798. The molecule has 114 valence electrons. The van der Waals surface area contributed by atoms with Crippen LogP contribution >= 0.6 is 27.5 Å². The monoisotopic (exact) mass is 371 g/mol. The fourth-order valence-electron chi connectivity index (χ4n) is 1.97. The molecule has 21 heavy (non-hydrogen) atoms. The van der Waals surface area contributed by atoms with Crippen LogP contribution in [0.2, 0.25) is 5.02 Å². The second kappa shape index (κ2) is 7.82. The van der Waals surface area contributed by atoms with Gasteiger partial charge in [-0.05, 0) is 53.9 Å². The van der Waals surface area contributed by atoms with Crippen molar-refractivity contribution in [2.24, 2.45) is 0 Å². The van der Waals surface area contributed by atoms with Gasteiger partial charge in [0, 0.05) is 41.6 Å². The van der Waals surface area contributed by atoms with Gasteiger partial charge in [0.25, 0.3) is 0 Å². The first kappa shape index (κ1) is 16.3. The summed E-state index contributed by atoms with van der Waals surface area (Å²) in [4.78, 5) is 4.35. The van der Waals surface area contributed by atoms with Gasteiger partial charge in [0.15, 0.2) is 0 Å². The second-order valence-corrected chi connectivity index (χ2v) is 5.91. The topological polar surface area (TPSA) is 39.1 Å². The van der Waals surface area contributed by atoms with Crippen molar-refractivity contribution < 1.29 is 4.74 Å². The van der Waals surface area contributed by atoms with Crippen molar-refractivity contribution in [2.75, 3.05) is 25.1 Å². The third-order valence-electron chi connectivity index (χ3n) is 3.08. The first-order chi connectivity index (χ1) is 10.1. The fraction of sp³-hybridized carbons (Fsp3) is 0.400. The fourth-order valence-corrected chi connectivity index (χ4v) is 2.77. The molecule has 0 spiro atoms. The number of benzene rings is 1. The minimum Gasteiger partial charge on any atom is -0.382 e. The van der Waals surface area contributed by atoms with E-state index in [2.05, 4.69) is 26.2 Å². The van der Waals surface area contributed by atoms with Crippen LogP contribution < -0.4 is 5.32 Å². The molecule has 0 bridgehead atoms. The van der Waals surface area contributed by atoms with Crippen molar-refractivity contribution in [3.05, 3.63) is 39.6 Å². The molecule has 0 saturated heterocycles. The largest absolute Gasteiger partial charge is 0.382 e. The molecular formula is C15H19BrClN3O. The molecule has 1 heterocycles. The van der Waals surface area contributed by atoms with Gasteiger partial charge in [0.2, 0.25) is 5.95 Å². The van der Waals surface area contributed by atoms with E-state index in [9.17, 15) is 0 Å². The summed E-state index contributed by atoms with van der Waals surface area (Å²) in [5, 5.41) is 4.06. The summed E-state index contributed by atoms with van der Waals surface area (Å²) >= 11 is 9.81. The standard InChI is InChI=1S/C15H19BrClN3O/c1-3-21-8-4-5-18-15-19-6-7-20(15)14-10-13(17)11(2)9-12(14)16/h6-7,9-10H,3-5,8H2,1-2H3,(H,18,19). The molecule has 0 aliphatic heterocycles. The molecule has 0 amide bonds. The maximum Gasteiger partial charge on any atom is 0.207 e. The Bertz CT molecular complexity index is 601. The molecule has 0 atom stereocenters. The Kier molecular flexibility index (Phi) is 6.08. The van der Waals surface area contributed by atoms with E-state index in [-0.39, 0.29) is 0 Å². The van der Waals surface area contributed by atoms with Gasteiger partial charge >= 0.3 is 0 Å². The van der Waals surface area contributed by atoms with Gasteiger partial charge in [-0.3, -0.25) is 4.57 Å². The smallest absolute Gasteiger partial charge is 0.207 e. The number of hydrogen-bond acceptors (Lipinski definition) is 3. The SMILES string of the molecule is CCOCCCNc1nccn1-c1cc(Cl)c(C)cc1Br.